The van der Waals surface area contributed by atoms with Crippen LogP contribution in [0.4, 0.5) is 5.82 Å². The largest absolute Gasteiger partial charge is 0.478 e. The van der Waals surface area contributed by atoms with Crippen molar-refractivity contribution in [1.82, 2.24) is 9.97 Å². The second-order valence-corrected chi connectivity index (χ2v) is 4.41. The van der Waals surface area contributed by atoms with Crippen molar-refractivity contribution in [3.63, 3.8) is 0 Å². The van der Waals surface area contributed by atoms with Crippen molar-refractivity contribution < 1.29 is 14.7 Å². The van der Waals surface area contributed by atoms with Gasteiger partial charge in [-0.1, -0.05) is 18.2 Å². The minimum atomic E-state index is -1.01. The molecule has 1 aromatic heterocycles. The van der Waals surface area contributed by atoms with Crippen LogP contribution in [0.5, 0.6) is 0 Å². The first kappa shape index (κ1) is 15.2. The van der Waals surface area contributed by atoms with Gasteiger partial charge < -0.3 is 16.2 Å². The normalized spacial score (nSPS) is 10.5. The molecular weight excluding hydrogens is 284 g/mol. The number of rotatable bonds is 6. The Balaban J connectivity index is 2.24. The van der Waals surface area contributed by atoms with Gasteiger partial charge in [0.2, 0.25) is 5.91 Å². The number of carbonyl (C=O) groups excluding carboxylic acids is 1. The first-order valence-electron chi connectivity index (χ1n) is 6.40. The van der Waals surface area contributed by atoms with Gasteiger partial charge in [-0.3, -0.25) is 9.78 Å². The lowest BCUT2D eigenvalue weighted by atomic mass is 10.1. The molecule has 2 aromatic rings. The molecular formula is C15H14N4O3. The highest BCUT2D eigenvalue weighted by molar-refractivity contribution is 5.85. The average Bonchev–Trinajstić information content (AvgIpc) is 2.51. The molecule has 0 saturated heterocycles. The van der Waals surface area contributed by atoms with Crippen molar-refractivity contribution >= 4 is 23.8 Å². The maximum Gasteiger partial charge on any atom is 0.328 e. The van der Waals surface area contributed by atoms with E-state index in [1.54, 1.807) is 24.4 Å². The molecule has 22 heavy (non-hydrogen) atoms. The van der Waals surface area contributed by atoms with Crippen molar-refractivity contribution in [2.45, 2.75) is 0 Å². The van der Waals surface area contributed by atoms with Crippen LogP contribution in [0.25, 0.3) is 17.3 Å². The zero-order chi connectivity index (χ0) is 15.9. The molecule has 0 fully saturated rings. The van der Waals surface area contributed by atoms with Crippen LogP contribution >= 0.6 is 0 Å². The number of hydrogen-bond donors (Lipinski definition) is 3. The molecule has 0 spiro atoms. The number of benzene rings is 1. The summed E-state index contributed by atoms with van der Waals surface area (Å²) in [5, 5.41) is 11.4. The molecule has 0 aliphatic carbocycles. The predicted molar refractivity (Wildman–Crippen MR) is 81.8 cm³/mol. The van der Waals surface area contributed by atoms with E-state index in [2.05, 4.69) is 15.3 Å². The fourth-order valence-corrected chi connectivity index (χ4v) is 1.74. The third-order valence-corrected chi connectivity index (χ3v) is 2.68. The van der Waals surface area contributed by atoms with Crippen LogP contribution in [-0.4, -0.2) is 33.5 Å². The molecule has 0 aliphatic heterocycles. The van der Waals surface area contributed by atoms with Gasteiger partial charge in [0.1, 0.15) is 5.82 Å². The molecule has 7 nitrogen and oxygen atoms in total. The van der Waals surface area contributed by atoms with Gasteiger partial charge >= 0.3 is 5.97 Å². The smallest absolute Gasteiger partial charge is 0.328 e. The number of primary amides is 1. The van der Waals surface area contributed by atoms with E-state index in [-0.39, 0.29) is 6.54 Å². The molecule has 0 radical (unpaired) electrons. The molecule has 4 N–H and O–H groups in total. The summed E-state index contributed by atoms with van der Waals surface area (Å²) in [4.78, 5) is 29.7. The number of anilines is 1. The molecule has 0 atom stereocenters. The number of nitrogens with zero attached hydrogens (tertiary/aromatic N) is 2. The Labute approximate surface area is 126 Å². The SMILES string of the molecule is NC(=O)CNc1cncc(-c2cccc(/C=C/C(=O)O)c2)n1. The molecule has 0 aliphatic rings. The second-order valence-electron chi connectivity index (χ2n) is 4.41. The summed E-state index contributed by atoms with van der Waals surface area (Å²) in [6.45, 7) is -0.0283. The fraction of sp³-hybridized carbons (Fsp3) is 0.0667. The van der Waals surface area contributed by atoms with Gasteiger partial charge in [0, 0.05) is 11.6 Å². The first-order chi connectivity index (χ1) is 10.5. The van der Waals surface area contributed by atoms with Crippen LogP contribution in [0.2, 0.25) is 0 Å². The highest BCUT2D eigenvalue weighted by atomic mass is 16.4. The molecule has 1 heterocycles. The van der Waals surface area contributed by atoms with Crippen LogP contribution in [0.3, 0.4) is 0 Å². The third kappa shape index (κ3) is 4.41. The minimum Gasteiger partial charge on any atom is -0.478 e. The number of carbonyl (C=O) groups is 2. The van der Waals surface area contributed by atoms with Crippen molar-refractivity contribution in [2.75, 3.05) is 11.9 Å². The van der Waals surface area contributed by atoms with Gasteiger partial charge in [0.05, 0.1) is 24.6 Å². The maximum atomic E-state index is 10.8. The fourth-order valence-electron chi connectivity index (χ4n) is 1.74. The van der Waals surface area contributed by atoms with E-state index in [1.807, 2.05) is 6.07 Å². The molecule has 0 saturated carbocycles. The summed E-state index contributed by atoms with van der Waals surface area (Å²) in [6, 6.07) is 7.20. The van der Waals surface area contributed by atoms with E-state index >= 15 is 0 Å². The van der Waals surface area contributed by atoms with Gasteiger partial charge in [0.15, 0.2) is 0 Å². The van der Waals surface area contributed by atoms with Gasteiger partial charge in [-0.2, -0.15) is 0 Å². The molecule has 1 amide bonds. The van der Waals surface area contributed by atoms with Gasteiger partial charge in [-0.25, -0.2) is 9.78 Å². The highest BCUT2D eigenvalue weighted by Gasteiger charge is 2.03. The van der Waals surface area contributed by atoms with E-state index in [9.17, 15) is 9.59 Å². The molecule has 1 aromatic carbocycles. The predicted octanol–water partition coefficient (Wildman–Crippen LogP) is 1.14. The summed E-state index contributed by atoms with van der Waals surface area (Å²) in [6.07, 6.45) is 5.63. The first-order valence-corrected chi connectivity index (χ1v) is 6.40. The van der Waals surface area contributed by atoms with Crippen LogP contribution < -0.4 is 11.1 Å². The molecule has 0 unspecified atom stereocenters. The monoisotopic (exact) mass is 298 g/mol. The van der Waals surface area contributed by atoms with Crippen molar-refractivity contribution in [3.05, 3.63) is 48.3 Å². The number of hydrogen-bond acceptors (Lipinski definition) is 5. The lowest BCUT2D eigenvalue weighted by Crippen LogP contribution is -2.22. The molecule has 7 heteroatoms. The maximum absolute atomic E-state index is 10.8. The van der Waals surface area contributed by atoms with Crippen LogP contribution in [0, 0.1) is 0 Å². The van der Waals surface area contributed by atoms with Crippen molar-refractivity contribution in [3.8, 4) is 11.3 Å². The average molecular weight is 298 g/mol. The van der Waals surface area contributed by atoms with E-state index < -0.39 is 11.9 Å². The van der Waals surface area contributed by atoms with Crippen LogP contribution in [0.1, 0.15) is 5.56 Å². The lowest BCUT2D eigenvalue weighted by molar-refractivity contribution is -0.131. The summed E-state index contributed by atoms with van der Waals surface area (Å²) in [5.74, 6) is -1.07. The van der Waals surface area contributed by atoms with Crippen LogP contribution in [-0.2, 0) is 9.59 Å². The molecule has 0 bridgehead atoms. The minimum absolute atomic E-state index is 0.0283. The quantitative estimate of drug-likeness (QED) is 0.688. The number of aliphatic carboxylic acids is 1. The standard InChI is InChI=1S/C15H14N4O3/c16-13(20)8-18-14-9-17-7-12(19-14)11-3-1-2-10(6-11)4-5-15(21)22/h1-7,9H,8H2,(H2,16,20)(H,18,19)(H,21,22)/b5-4+. The Hall–Kier alpha value is -3.22. The molecule has 112 valence electrons. The topological polar surface area (TPSA) is 118 Å². The zero-order valence-electron chi connectivity index (χ0n) is 11.6. The number of carboxylic acid groups (broad SMARTS) is 1. The Kier molecular flexibility index (Phi) is 4.81. The van der Waals surface area contributed by atoms with Gasteiger partial charge in [-0.15, -0.1) is 0 Å². The Morgan fingerprint density at radius 2 is 2.14 bits per heavy atom. The van der Waals surface area contributed by atoms with E-state index in [0.717, 1.165) is 17.2 Å². The Morgan fingerprint density at radius 3 is 2.86 bits per heavy atom. The van der Waals surface area contributed by atoms with Gasteiger partial charge in [-0.05, 0) is 17.7 Å². The second kappa shape index (κ2) is 6.98. The van der Waals surface area contributed by atoms with Crippen molar-refractivity contribution in [2.24, 2.45) is 5.73 Å². The Bertz CT molecular complexity index is 728. The van der Waals surface area contributed by atoms with E-state index in [4.69, 9.17) is 10.8 Å². The molecule has 2 rings (SSSR count). The number of aromatic nitrogens is 2. The van der Waals surface area contributed by atoms with Gasteiger partial charge in [0.25, 0.3) is 0 Å². The van der Waals surface area contributed by atoms with E-state index in [0.29, 0.717) is 11.5 Å². The highest BCUT2D eigenvalue weighted by Crippen LogP contribution is 2.19. The number of nitrogens with one attached hydrogen (secondary N) is 1. The number of carboxylic acids is 1. The summed E-state index contributed by atoms with van der Waals surface area (Å²) in [7, 11) is 0. The van der Waals surface area contributed by atoms with E-state index in [1.165, 1.54) is 12.3 Å². The lowest BCUT2D eigenvalue weighted by Gasteiger charge is -2.06. The van der Waals surface area contributed by atoms with Crippen molar-refractivity contribution in [1.29, 1.82) is 0 Å². The summed E-state index contributed by atoms with van der Waals surface area (Å²) < 4.78 is 0. The summed E-state index contributed by atoms with van der Waals surface area (Å²) in [5.41, 5.74) is 7.17. The Morgan fingerprint density at radius 1 is 1.32 bits per heavy atom. The zero-order valence-corrected chi connectivity index (χ0v) is 11.6. The number of nitrogens with two attached hydrogens (primary N) is 1. The number of amides is 1. The van der Waals surface area contributed by atoms with Crippen LogP contribution in [0.15, 0.2) is 42.7 Å². The summed E-state index contributed by atoms with van der Waals surface area (Å²) >= 11 is 0. The third-order valence-electron chi connectivity index (χ3n) is 2.68.